The minimum Gasteiger partial charge on any atom is -0.313 e. The highest BCUT2D eigenvalue weighted by molar-refractivity contribution is 4.94. The Labute approximate surface area is 125 Å². The van der Waals surface area contributed by atoms with Crippen LogP contribution in [-0.2, 0) is 0 Å². The van der Waals surface area contributed by atoms with E-state index >= 15 is 0 Å². The molecular weight excluding hydrogens is 277 g/mol. The highest BCUT2D eigenvalue weighted by atomic mass is 19.4. The summed E-state index contributed by atoms with van der Waals surface area (Å²) in [5.74, 6) is -1.07. The van der Waals surface area contributed by atoms with Crippen molar-refractivity contribution in [1.29, 1.82) is 0 Å². The van der Waals surface area contributed by atoms with Gasteiger partial charge in [-0.15, -0.1) is 0 Å². The number of hydrogen-bond donors (Lipinski definition) is 1. The van der Waals surface area contributed by atoms with Gasteiger partial charge in [-0.05, 0) is 51.5 Å². The van der Waals surface area contributed by atoms with Gasteiger partial charge in [0.25, 0.3) is 0 Å². The van der Waals surface area contributed by atoms with Crippen molar-refractivity contribution in [2.24, 2.45) is 5.92 Å². The number of halogens is 3. The van der Waals surface area contributed by atoms with Gasteiger partial charge < -0.3 is 5.32 Å². The van der Waals surface area contributed by atoms with E-state index in [0.29, 0.717) is 24.9 Å². The zero-order valence-corrected chi connectivity index (χ0v) is 12.7. The maximum atomic E-state index is 13.0. The first-order valence-corrected chi connectivity index (χ1v) is 8.60. The average Bonchev–Trinajstić information content (AvgIpc) is 3.30. The normalized spacial score (nSPS) is 35.1. The van der Waals surface area contributed by atoms with Gasteiger partial charge in [-0.25, -0.2) is 0 Å². The number of alkyl halides is 3. The fraction of sp³-hybridized carbons (Fsp3) is 1.00. The van der Waals surface area contributed by atoms with Crippen molar-refractivity contribution in [2.75, 3.05) is 13.1 Å². The zero-order valence-electron chi connectivity index (χ0n) is 12.7. The van der Waals surface area contributed by atoms with Gasteiger partial charge in [-0.1, -0.05) is 12.8 Å². The van der Waals surface area contributed by atoms with E-state index in [-0.39, 0.29) is 6.04 Å². The van der Waals surface area contributed by atoms with Crippen LogP contribution in [0, 0.1) is 5.92 Å². The largest absolute Gasteiger partial charge is 0.391 e. The molecule has 0 spiro atoms. The summed E-state index contributed by atoms with van der Waals surface area (Å²) in [6.07, 6.45) is 4.37. The van der Waals surface area contributed by atoms with Gasteiger partial charge in [0.15, 0.2) is 0 Å². The average molecular weight is 304 g/mol. The van der Waals surface area contributed by atoms with E-state index in [1.807, 2.05) is 0 Å². The van der Waals surface area contributed by atoms with E-state index in [2.05, 4.69) is 10.2 Å². The Kier molecular flexibility index (Phi) is 4.79. The van der Waals surface area contributed by atoms with E-state index < -0.39 is 12.1 Å². The van der Waals surface area contributed by atoms with Gasteiger partial charge in [0.2, 0.25) is 0 Å². The molecule has 3 fully saturated rings. The van der Waals surface area contributed by atoms with Crippen molar-refractivity contribution in [3.8, 4) is 0 Å². The third kappa shape index (κ3) is 4.13. The molecule has 0 aromatic carbocycles. The van der Waals surface area contributed by atoms with Crippen LogP contribution in [-0.4, -0.2) is 42.3 Å². The van der Waals surface area contributed by atoms with Gasteiger partial charge in [-0.2, -0.15) is 13.2 Å². The number of nitrogens with one attached hydrogen (secondary N) is 1. The molecular formula is C16H27F3N2. The molecule has 122 valence electrons. The van der Waals surface area contributed by atoms with E-state index in [9.17, 15) is 13.2 Å². The summed E-state index contributed by atoms with van der Waals surface area (Å²) in [7, 11) is 0. The van der Waals surface area contributed by atoms with Crippen molar-refractivity contribution in [3.63, 3.8) is 0 Å². The van der Waals surface area contributed by atoms with Crippen LogP contribution >= 0.6 is 0 Å². The molecule has 2 saturated carbocycles. The Hall–Kier alpha value is -0.290. The van der Waals surface area contributed by atoms with E-state index in [4.69, 9.17) is 0 Å². The topological polar surface area (TPSA) is 15.3 Å². The summed E-state index contributed by atoms with van der Waals surface area (Å²) in [4.78, 5) is 2.43. The zero-order chi connectivity index (χ0) is 14.9. The van der Waals surface area contributed by atoms with Crippen LogP contribution in [0.25, 0.3) is 0 Å². The van der Waals surface area contributed by atoms with Crippen LogP contribution in [0.3, 0.4) is 0 Å². The second kappa shape index (κ2) is 6.45. The minimum absolute atomic E-state index is 0.154. The second-order valence-corrected chi connectivity index (χ2v) is 7.13. The molecule has 3 unspecified atom stereocenters. The predicted octanol–water partition coefficient (Wildman–Crippen LogP) is 3.71. The lowest BCUT2D eigenvalue weighted by atomic mass is 9.84. The molecule has 0 amide bonds. The maximum Gasteiger partial charge on any atom is 0.391 e. The van der Waals surface area contributed by atoms with Crippen LogP contribution < -0.4 is 5.32 Å². The van der Waals surface area contributed by atoms with Gasteiger partial charge >= 0.3 is 6.18 Å². The Morgan fingerprint density at radius 3 is 2.33 bits per heavy atom. The van der Waals surface area contributed by atoms with E-state index in [1.165, 1.54) is 32.1 Å². The van der Waals surface area contributed by atoms with Crippen molar-refractivity contribution in [3.05, 3.63) is 0 Å². The van der Waals surface area contributed by atoms with Crippen LogP contribution in [0.5, 0.6) is 0 Å². The van der Waals surface area contributed by atoms with Gasteiger partial charge in [0.05, 0.1) is 5.92 Å². The summed E-state index contributed by atoms with van der Waals surface area (Å²) in [6, 6.07) is 1.21. The van der Waals surface area contributed by atoms with E-state index in [0.717, 1.165) is 25.9 Å². The summed E-state index contributed by atoms with van der Waals surface area (Å²) < 4.78 is 39.1. The first kappa shape index (κ1) is 15.6. The highest BCUT2D eigenvalue weighted by Gasteiger charge is 2.45. The van der Waals surface area contributed by atoms with Gasteiger partial charge in [0, 0.05) is 24.7 Å². The predicted molar refractivity (Wildman–Crippen MR) is 77.2 cm³/mol. The Bertz CT molecular complexity index is 335. The smallest absolute Gasteiger partial charge is 0.313 e. The van der Waals surface area contributed by atoms with Crippen LogP contribution in [0.1, 0.15) is 57.8 Å². The Morgan fingerprint density at radius 1 is 0.905 bits per heavy atom. The molecule has 2 aliphatic carbocycles. The molecule has 3 rings (SSSR count). The van der Waals surface area contributed by atoms with E-state index in [1.54, 1.807) is 0 Å². The number of rotatable bonds is 4. The standard InChI is InChI=1S/C16H27F3N2/c17-16(18,19)12-4-3-6-15(10-12)21(14-7-8-14)11-13-5-1-2-9-20-13/h12-15,20H,1-11H2. The Balaban J connectivity index is 1.60. The summed E-state index contributed by atoms with van der Waals surface area (Å²) in [5.41, 5.74) is 0. The lowest BCUT2D eigenvalue weighted by Crippen LogP contribution is -2.50. The molecule has 5 heteroatoms. The summed E-state index contributed by atoms with van der Waals surface area (Å²) in [6.45, 7) is 2.03. The monoisotopic (exact) mass is 304 g/mol. The molecule has 1 aliphatic heterocycles. The van der Waals surface area contributed by atoms with Crippen LogP contribution in [0.4, 0.5) is 13.2 Å². The maximum absolute atomic E-state index is 13.0. The number of piperidine rings is 1. The minimum atomic E-state index is -4.00. The molecule has 3 atom stereocenters. The molecule has 1 heterocycles. The van der Waals surface area contributed by atoms with Crippen molar-refractivity contribution >= 4 is 0 Å². The second-order valence-electron chi connectivity index (χ2n) is 7.13. The third-order valence-electron chi connectivity index (χ3n) is 5.44. The van der Waals surface area contributed by atoms with Gasteiger partial charge in [-0.3, -0.25) is 4.90 Å². The lowest BCUT2D eigenvalue weighted by molar-refractivity contribution is -0.187. The summed E-state index contributed by atoms with van der Waals surface area (Å²) >= 11 is 0. The van der Waals surface area contributed by atoms with Crippen LogP contribution in [0.15, 0.2) is 0 Å². The molecule has 1 saturated heterocycles. The molecule has 0 aromatic heterocycles. The van der Waals surface area contributed by atoms with Crippen LogP contribution in [0.2, 0.25) is 0 Å². The van der Waals surface area contributed by atoms with Crippen molar-refractivity contribution < 1.29 is 13.2 Å². The fourth-order valence-electron chi connectivity index (χ4n) is 4.10. The SMILES string of the molecule is FC(F)(F)C1CCCC(N(CC2CCCCN2)C2CC2)C1. The number of nitrogens with zero attached hydrogens (tertiary/aromatic N) is 1. The van der Waals surface area contributed by atoms with Crippen molar-refractivity contribution in [1.82, 2.24) is 10.2 Å². The van der Waals surface area contributed by atoms with Crippen molar-refractivity contribution in [2.45, 2.75) is 82.1 Å². The first-order chi connectivity index (χ1) is 10.0. The third-order valence-corrected chi connectivity index (χ3v) is 5.44. The molecule has 1 N–H and O–H groups in total. The summed E-state index contributed by atoms with van der Waals surface area (Å²) in [5, 5.41) is 3.55. The molecule has 2 nitrogen and oxygen atoms in total. The quantitative estimate of drug-likeness (QED) is 0.851. The Morgan fingerprint density at radius 2 is 1.71 bits per heavy atom. The van der Waals surface area contributed by atoms with Gasteiger partial charge in [0.1, 0.15) is 0 Å². The molecule has 0 bridgehead atoms. The number of hydrogen-bond acceptors (Lipinski definition) is 2. The molecule has 3 aliphatic rings. The molecule has 0 radical (unpaired) electrons. The molecule has 21 heavy (non-hydrogen) atoms. The highest BCUT2D eigenvalue weighted by Crippen LogP contribution is 2.41. The molecule has 0 aromatic rings. The lowest BCUT2D eigenvalue weighted by Gasteiger charge is -2.40. The fourth-order valence-corrected chi connectivity index (χ4v) is 4.10. The first-order valence-electron chi connectivity index (χ1n) is 8.60.